The third kappa shape index (κ3) is 5.20. The highest BCUT2D eigenvalue weighted by molar-refractivity contribution is 5.98. The molecule has 1 heterocycles. The Kier molecular flexibility index (Phi) is 7.12. The topological polar surface area (TPSA) is 137 Å². The van der Waals surface area contributed by atoms with Crippen molar-refractivity contribution in [3.63, 3.8) is 0 Å². The molecule has 6 N–H and O–H groups in total. The second-order valence-electron chi connectivity index (χ2n) is 8.29. The van der Waals surface area contributed by atoms with Gasteiger partial charge in [-0.05, 0) is 48.2 Å². The molecule has 1 fully saturated rings. The summed E-state index contributed by atoms with van der Waals surface area (Å²) in [6.45, 7) is 0. The van der Waals surface area contributed by atoms with E-state index in [4.69, 9.17) is 20.9 Å². The van der Waals surface area contributed by atoms with E-state index in [1.54, 1.807) is 14.2 Å². The monoisotopic (exact) mass is 462 g/mol. The maximum absolute atomic E-state index is 12.0. The highest BCUT2D eigenvalue weighted by Crippen LogP contribution is 2.33. The van der Waals surface area contributed by atoms with Gasteiger partial charge in [0.25, 0.3) is 5.91 Å². The number of anilines is 3. The molecule has 1 aliphatic carbocycles. The Labute approximate surface area is 198 Å². The summed E-state index contributed by atoms with van der Waals surface area (Å²) in [5, 5.41) is 6.54. The van der Waals surface area contributed by atoms with Gasteiger partial charge in [-0.15, -0.1) is 0 Å². The lowest BCUT2D eigenvalue weighted by Crippen LogP contribution is -2.43. The van der Waals surface area contributed by atoms with E-state index >= 15 is 0 Å². The molecule has 3 aromatic rings. The minimum Gasteiger partial charge on any atom is -0.493 e. The molecule has 0 saturated heterocycles. The van der Waals surface area contributed by atoms with Gasteiger partial charge < -0.3 is 31.6 Å². The molecule has 9 heteroatoms. The standard InChI is InChI=1S/C25H30N6O3/c1-33-21-11-10-16(13-22(21)34-2)15-6-5-7-17(12-15)29-24-18(23(27)32)14-28-25(31-24)30-20-9-4-3-8-19(20)26/h5-7,10-14,19-20H,3-4,8-9,26H2,1-2H3,(H2,27,32)(H2,28,29,30,31). The Morgan fingerprint density at radius 2 is 1.79 bits per heavy atom. The number of carbonyl (C=O) groups is 1. The number of methoxy groups -OCH3 is 2. The van der Waals surface area contributed by atoms with Crippen molar-refractivity contribution in [2.75, 3.05) is 24.9 Å². The van der Waals surface area contributed by atoms with Crippen LogP contribution >= 0.6 is 0 Å². The Morgan fingerprint density at radius 1 is 1.03 bits per heavy atom. The zero-order chi connectivity index (χ0) is 24.1. The quantitative estimate of drug-likeness (QED) is 0.398. The van der Waals surface area contributed by atoms with E-state index in [1.807, 2.05) is 42.5 Å². The fourth-order valence-corrected chi connectivity index (χ4v) is 4.16. The first-order chi connectivity index (χ1) is 16.5. The number of benzene rings is 2. The Hall–Kier alpha value is -3.85. The molecule has 1 saturated carbocycles. The molecule has 34 heavy (non-hydrogen) atoms. The van der Waals surface area contributed by atoms with Crippen LogP contribution < -0.4 is 31.6 Å². The smallest absolute Gasteiger partial charge is 0.254 e. The lowest BCUT2D eigenvalue weighted by molar-refractivity contribution is 0.100. The molecular weight excluding hydrogens is 432 g/mol. The van der Waals surface area contributed by atoms with Crippen molar-refractivity contribution in [3.8, 4) is 22.6 Å². The zero-order valence-corrected chi connectivity index (χ0v) is 19.4. The van der Waals surface area contributed by atoms with Crippen LogP contribution in [0.3, 0.4) is 0 Å². The molecule has 2 atom stereocenters. The number of nitrogens with zero attached hydrogens (tertiary/aromatic N) is 2. The first kappa shape index (κ1) is 23.3. The van der Waals surface area contributed by atoms with Gasteiger partial charge in [-0.3, -0.25) is 4.79 Å². The Morgan fingerprint density at radius 3 is 2.53 bits per heavy atom. The number of hydrogen-bond donors (Lipinski definition) is 4. The molecule has 178 valence electrons. The van der Waals surface area contributed by atoms with Crippen LogP contribution in [-0.4, -0.2) is 42.2 Å². The van der Waals surface area contributed by atoms with Gasteiger partial charge in [-0.2, -0.15) is 4.98 Å². The first-order valence-corrected chi connectivity index (χ1v) is 11.3. The average molecular weight is 463 g/mol. The maximum Gasteiger partial charge on any atom is 0.254 e. The van der Waals surface area contributed by atoms with Gasteiger partial charge >= 0.3 is 0 Å². The lowest BCUT2D eigenvalue weighted by Gasteiger charge is -2.29. The normalized spacial score (nSPS) is 17.6. The molecule has 0 aliphatic heterocycles. The van der Waals surface area contributed by atoms with Gasteiger partial charge in [0.05, 0.1) is 14.2 Å². The molecule has 1 aliphatic rings. The number of primary amides is 1. The van der Waals surface area contributed by atoms with Crippen LogP contribution in [0.25, 0.3) is 11.1 Å². The van der Waals surface area contributed by atoms with Gasteiger partial charge in [0.1, 0.15) is 11.4 Å². The van der Waals surface area contributed by atoms with Crippen LogP contribution in [0.2, 0.25) is 0 Å². The summed E-state index contributed by atoms with van der Waals surface area (Å²) < 4.78 is 10.8. The molecule has 1 amide bonds. The second kappa shape index (κ2) is 10.4. The summed E-state index contributed by atoms with van der Waals surface area (Å²) in [5.41, 5.74) is 14.7. The highest BCUT2D eigenvalue weighted by Gasteiger charge is 2.23. The van der Waals surface area contributed by atoms with E-state index in [9.17, 15) is 4.79 Å². The third-order valence-electron chi connectivity index (χ3n) is 6.03. The summed E-state index contributed by atoms with van der Waals surface area (Å²) in [7, 11) is 3.21. The summed E-state index contributed by atoms with van der Waals surface area (Å²) in [4.78, 5) is 20.9. The van der Waals surface area contributed by atoms with E-state index < -0.39 is 5.91 Å². The van der Waals surface area contributed by atoms with Gasteiger partial charge in [0, 0.05) is 24.0 Å². The molecule has 0 bridgehead atoms. The largest absolute Gasteiger partial charge is 0.493 e. The molecule has 2 aromatic carbocycles. The molecule has 9 nitrogen and oxygen atoms in total. The molecule has 4 rings (SSSR count). The van der Waals surface area contributed by atoms with Gasteiger partial charge in [0.15, 0.2) is 11.5 Å². The van der Waals surface area contributed by atoms with Crippen LogP contribution in [0.5, 0.6) is 11.5 Å². The van der Waals surface area contributed by atoms with E-state index in [0.717, 1.165) is 42.5 Å². The number of ether oxygens (including phenoxy) is 2. The van der Waals surface area contributed by atoms with Crippen LogP contribution in [0, 0.1) is 0 Å². The number of aromatic nitrogens is 2. The van der Waals surface area contributed by atoms with Crippen LogP contribution in [0.1, 0.15) is 36.0 Å². The van der Waals surface area contributed by atoms with Gasteiger partial charge in [0.2, 0.25) is 5.95 Å². The maximum atomic E-state index is 12.0. The molecular formula is C25H30N6O3. The number of nitrogens with one attached hydrogen (secondary N) is 2. The molecule has 0 radical (unpaired) electrons. The minimum atomic E-state index is -0.612. The molecule has 0 spiro atoms. The summed E-state index contributed by atoms with van der Waals surface area (Å²) in [5.74, 6) is 1.43. The number of rotatable bonds is 8. The summed E-state index contributed by atoms with van der Waals surface area (Å²) in [6.07, 6.45) is 5.60. The van der Waals surface area contributed by atoms with Crippen molar-refractivity contribution >= 4 is 23.4 Å². The second-order valence-corrected chi connectivity index (χ2v) is 8.29. The predicted octanol–water partition coefficient (Wildman–Crippen LogP) is 3.69. The Bertz CT molecular complexity index is 1170. The highest BCUT2D eigenvalue weighted by atomic mass is 16.5. The zero-order valence-electron chi connectivity index (χ0n) is 19.4. The summed E-state index contributed by atoms with van der Waals surface area (Å²) >= 11 is 0. The van der Waals surface area contributed by atoms with Crippen molar-refractivity contribution in [1.82, 2.24) is 9.97 Å². The predicted molar refractivity (Wildman–Crippen MR) is 133 cm³/mol. The SMILES string of the molecule is COc1ccc(-c2cccc(Nc3nc(NC4CCCCC4N)ncc3C(N)=O)c2)cc1OC. The van der Waals surface area contributed by atoms with Crippen molar-refractivity contribution in [2.24, 2.45) is 11.5 Å². The summed E-state index contributed by atoms with van der Waals surface area (Å²) in [6, 6.07) is 13.6. The average Bonchev–Trinajstić information content (AvgIpc) is 2.85. The Balaban J connectivity index is 1.61. The van der Waals surface area contributed by atoms with Crippen molar-refractivity contribution in [3.05, 3.63) is 54.2 Å². The minimum absolute atomic E-state index is 0.0442. The van der Waals surface area contributed by atoms with Crippen LogP contribution in [-0.2, 0) is 0 Å². The fraction of sp³-hybridized carbons (Fsp3) is 0.320. The van der Waals surface area contributed by atoms with E-state index in [0.29, 0.717) is 23.3 Å². The van der Waals surface area contributed by atoms with E-state index in [-0.39, 0.29) is 17.6 Å². The van der Waals surface area contributed by atoms with Crippen molar-refractivity contribution in [1.29, 1.82) is 0 Å². The van der Waals surface area contributed by atoms with Crippen LogP contribution in [0.4, 0.5) is 17.5 Å². The number of hydrogen-bond acceptors (Lipinski definition) is 8. The number of amides is 1. The molecule has 1 aromatic heterocycles. The van der Waals surface area contributed by atoms with E-state index in [2.05, 4.69) is 20.6 Å². The van der Waals surface area contributed by atoms with Crippen molar-refractivity contribution in [2.45, 2.75) is 37.8 Å². The fourth-order valence-electron chi connectivity index (χ4n) is 4.16. The number of nitrogens with two attached hydrogens (primary N) is 2. The first-order valence-electron chi connectivity index (χ1n) is 11.3. The van der Waals surface area contributed by atoms with Crippen molar-refractivity contribution < 1.29 is 14.3 Å². The van der Waals surface area contributed by atoms with Gasteiger partial charge in [-0.1, -0.05) is 31.0 Å². The number of carbonyl (C=O) groups excluding carboxylic acids is 1. The van der Waals surface area contributed by atoms with Crippen LogP contribution in [0.15, 0.2) is 48.7 Å². The van der Waals surface area contributed by atoms with Gasteiger partial charge in [-0.25, -0.2) is 4.98 Å². The lowest BCUT2D eigenvalue weighted by atomic mass is 9.91. The van der Waals surface area contributed by atoms with E-state index in [1.165, 1.54) is 6.20 Å². The molecule has 2 unspecified atom stereocenters. The third-order valence-corrected chi connectivity index (χ3v) is 6.03.